The van der Waals surface area contributed by atoms with Crippen LogP contribution in [-0.4, -0.2) is 36.6 Å². The van der Waals surface area contributed by atoms with E-state index < -0.39 is 12.2 Å². The molecule has 0 spiro atoms. The highest BCUT2D eigenvalue weighted by Crippen LogP contribution is 2.45. The summed E-state index contributed by atoms with van der Waals surface area (Å²) in [4.78, 5) is 0. The Morgan fingerprint density at radius 2 is 1.52 bits per heavy atom. The molecule has 1 heterocycles. The van der Waals surface area contributed by atoms with Crippen LogP contribution in [0.15, 0.2) is 61.2 Å². The van der Waals surface area contributed by atoms with Crippen LogP contribution in [0.25, 0.3) is 0 Å². The molecule has 3 rings (SSSR count). The summed E-state index contributed by atoms with van der Waals surface area (Å²) in [5.41, 5.74) is 2.10. The first-order chi connectivity index (χ1) is 15.5. The van der Waals surface area contributed by atoms with E-state index in [0.717, 1.165) is 29.0 Å². The summed E-state index contributed by atoms with van der Waals surface area (Å²) in [6, 6.07) is 16.1. The Labute approximate surface area is 199 Å². The molecule has 4 atom stereocenters. The van der Waals surface area contributed by atoms with E-state index in [0.29, 0.717) is 6.61 Å². The maximum atomic E-state index is 10.2. The van der Waals surface area contributed by atoms with Gasteiger partial charge in [-0.1, -0.05) is 58.0 Å². The van der Waals surface area contributed by atoms with Crippen molar-refractivity contribution in [1.82, 2.24) is 0 Å². The van der Waals surface area contributed by atoms with Crippen LogP contribution >= 0.6 is 0 Å². The fourth-order valence-corrected chi connectivity index (χ4v) is 5.05. The van der Waals surface area contributed by atoms with Gasteiger partial charge in [0.25, 0.3) is 0 Å². The lowest BCUT2D eigenvalue weighted by atomic mass is 9.65. The van der Waals surface area contributed by atoms with Crippen LogP contribution in [-0.2, 0) is 4.74 Å². The fraction of sp³-hybridized carbons (Fsp3) is 0.517. The molecule has 4 unspecified atom stereocenters. The lowest BCUT2D eigenvalue weighted by molar-refractivity contribution is -0.181. The molecule has 2 aromatic carbocycles. The third kappa shape index (κ3) is 6.39. The molecule has 180 valence electrons. The monoisotopic (exact) mass is 452 g/mol. The zero-order chi connectivity index (χ0) is 24.2. The molecule has 1 aliphatic heterocycles. The number of aryl methyl sites for hydroxylation is 2. The number of ether oxygens (including phenoxy) is 3. The Balaban J connectivity index is 2.00. The van der Waals surface area contributed by atoms with E-state index in [4.69, 9.17) is 14.2 Å². The Morgan fingerprint density at radius 3 is 2.00 bits per heavy atom. The van der Waals surface area contributed by atoms with Gasteiger partial charge in [-0.05, 0) is 66.5 Å². The molecule has 0 bridgehead atoms. The summed E-state index contributed by atoms with van der Waals surface area (Å²) in [7, 11) is 0. The van der Waals surface area contributed by atoms with Gasteiger partial charge in [0.15, 0.2) is 6.10 Å². The highest BCUT2D eigenvalue weighted by molar-refractivity contribution is 5.29. The molecule has 33 heavy (non-hydrogen) atoms. The maximum absolute atomic E-state index is 10.2. The highest BCUT2D eigenvalue weighted by atomic mass is 16.6. The van der Waals surface area contributed by atoms with Crippen LogP contribution in [0.3, 0.4) is 0 Å². The van der Waals surface area contributed by atoms with Gasteiger partial charge in [0, 0.05) is 5.92 Å². The average molecular weight is 453 g/mol. The van der Waals surface area contributed by atoms with E-state index in [1.54, 1.807) is 0 Å². The van der Waals surface area contributed by atoms with Crippen molar-refractivity contribution in [2.45, 2.75) is 66.3 Å². The van der Waals surface area contributed by atoms with Gasteiger partial charge in [0.05, 0.1) is 13.2 Å². The van der Waals surface area contributed by atoms with Crippen LogP contribution in [0.4, 0.5) is 0 Å². The zero-order valence-corrected chi connectivity index (χ0v) is 21.0. The molecule has 0 aliphatic carbocycles. The summed E-state index contributed by atoms with van der Waals surface area (Å²) >= 11 is 0. The van der Waals surface area contributed by atoms with Gasteiger partial charge in [-0.15, -0.1) is 6.58 Å². The van der Waals surface area contributed by atoms with Gasteiger partial charge < -0.3 is 19.3 Å². The number of aliphatic hydroxyl groups is 1. The number of hydrogen-bond acceptors (Lipinski definition) is 4. The van der Waals surface area contributed by atoms with Gasteiger partial charge >= 0.3 is 0 Å². The standard InChI is InChI=1S/C29H40O4/c1-8-28(4,5)19-29(6,7)24-18-31-25(17-30)27(33-23-14-10-12-21(3)16-23)26(24)32-22-13-9-11-20(2)15-22/h8-16,24-27,30H,1,17-19H2,2-7H3. The Morgan fingerprint density at radius 1 is 0.970 bits per heavy atom. The molecular weight excluding hydrogens is 412 g/mol. The fourth-order valence-electron chi connectivity index (χ4n) is 5.05. The second kappa shape index (κ2) is 10.3. The smallest absolute Gasteiger partial charge is 0.164 e. The van der Waals surface area contributed by atoms with E-state index in [9.17, 15) is 5.11 Å². The first kappa shape index (κ1) is 25.3. The molecule has 4 nitrogen and oxygen atoms in total. The lowest BCUT2D eigenvalue weighted by Crippen LogP contribution is -2.60. The highest BCUT2D eigenvalue weighted by Gasteiger charge is 2.50. The molecule has 1 aliphatic rings. The molecule has 1 saturated heterocycles. The van der Waals surface area contributed by atoms with Gasteiger partial charge in [0.2, 0.25) is 0 Å². The van der Waals surface area contributed by atoms with E-state index >= 15 is 0 Å². The van der Waals surface area contributed by atoms with Crippen molar-refractivity contribution < 1.29 is 19.3 Å². The molecule has 1 fully saturated rings. The van der Waals surface area contributed by atoms with Crippen molar-refractivity contribution in [2.24, 2.45) is 16.7 Å². The minimum absolute atomic E-state index is 0.0297. The number of hydrogen-bond donors (Lipinski definition) is 1. The Bertz CT molecular complexity index is 933. The van der Waals surface area contributed by atoms with Crippen LogP contribution in [0.5, 0.6) is 11.5 Å². The zero-order valence-electron chi connectivity index (χ0n) is 21.0. The summed E-state index contributed by atoms with van der Waals surface area (Å²) in [6.07, 6.45) is 1.72. The predicted octanol–water partition coefficient (Wildman–Crippen LogP) is 6.13. The van der Waals surface area contributed by atoms with Crippen molar-refractivity contribution in [1.29, 1.82) is 0 Å². The molecular formula is C29H40O4. The minimum atomic E-state index is -0.472. The van der Waals surface area contributed by atoms with Crippen molar-refractivity contribution in [3.8, 4) is 11.5 Å². The summed E-state index contributed by atoms with van der Waals surface area (Å²) < 4.78 is 19.4. The van der Waals surface area contributed by atoms with E-state index in [2.05, 4.69) is 47.3 Å². The molecule has 0 amide bonds. The van der Waals surface area contributed by atoms with Crippen LogP contribution < -0.4 is 9.47 Å². The van der Waals surface area contributed by atoms with Gasteiger partial charge in [0.1, 0.15) is 23.7 Å². The third-order valence-corrected chi connectivity index (χ3v) is 6.75. The van der Waals surface area contributed by atoms with Crippen molar-refractivity contribution in [3.05, 3.63) is 72.3 Å². The molecule has 0 radical (unpaired) electrons. The number of aliphatic hydroxyl groups excluding tert-OH is 1. The van der Waals surface area contributed by atoms with E-state index in [1.807, 2.05) is 55.5 Å². The largest absolute Gasteiger partial charge is 0.486 e. The summed E-state index contributed by atoms with van der Waals surface area (Å²) in [5.74, 6) is 1.61. The Hall–Kier alpha value is -2.30. The summed E-state index contributed by atoms with van der Waals surface area (Å²) in [5, 5.41) is 10.2. The second-order valence-electron chi connectivity index (χ2n) is 10.8. The maximum Gasteiger partial charge on any atom is 0.164 e. The molecule has 4 heteroatoms. The topological polar surface area (TPSA) is 47.9 Å². The molecule has 0 aromatic heterocycles. The van der Waals surface area contributed by atoms with Crippen LogP contribution in [0, 0.1) is 30.6 Å². The number of benzene rings is 2. The van der Waals surface area contributed by atoms with Crippen molar-refractivity contribution >= 4 is 0 Å². The molecule has 0 saturated carbocycles. The van der Waals surface area contributed by atoms with Crippen molar-refractivity contribution in [3.63, 3.8) is 0 Å². The Kier molecular flexibility index (Phi) is 7.92. The first-order valence-corrected chi connectivity index (χ1v) is 11.9. The van der Waals surface area contributed by atoms with Crippen molar-refractivity contribution in [2.75, 3.05) is 13.2 Å². The summed E-state index contributed by atoms with van der Waals surface area (Å²) in [6.45, 7) is 17.5. The van der Waals surface area contributed by atoms with E-state index in [-0.39, 0.29) is 29.5 Å². The van der Waals surface area contributed by atoms with E-state index in [1.165, 1.54) is 0 Å². The third-order valence-electron chi connectivity index (χ3n) is 6.75. The van der Waals surface area contributed by atoms with Crippen LogP contribution in [0.2, 0.25) is 0 Å². The quantitative estimate of drug-likeness (QED) is 0.465. The molecule has 1 N–H and O–H groups in total. The minimum Gasteiger partial charge on any atom is -0.486 e. The number of rotatable bonds is 9. The second-order valence-corrected chi connectivity index (χ2v) is 10.8. The molecule has 2 aromatic rings. The lowest BCUT2D eigenvalue weighted by Gasteiger charge is -2.49. The average Bonchev–Trinajstić information content (AvgIpc) is 2.74. The van der Waals surface area contributed by atoms with Gasteiger partial charge in [-0.25, -0.2) is 0 Å². The SMILES string of the molecule is C=CC(C)(C)CC(C)(C)C1COC(CO)C(Oc2cccc(C)c2)C1Oc1cccc(C)c1. The van der Waals surface area contributed by atoms with Crippen LogP contribution in [0.1, 0.15) is 45.2 Å². The predicted molar refractivity (Wildman–Crippen MR) is 134 cm³/mol. The first-order valence-electron chi connectivity index (χ1n) is 11.9. The van der Waals surface area contributed by atoms with Gasteiger partial charge in [-0.3, -0.25) is 0 Å². The van der Waals surface area contributed by atoms with Gasteiger partial charge in [-0.2, -0.15) is 0 Å². The number of allylic oxidation sites excluding steroid dienone is 1. The normalized spacial score (nSPS) is 23.7.